The van der Waals surface area contributed by atoms with Gasteiger partial charge in [-0.1, -0.05) is 12.1 Å². The number of aliphatic hydroxyl groups is 1. The Bertz CT molecular complexity index is 978. The van der Waals surface area contributed by atoms with Crippen LogP contribution in [0.1, 0.15) is 61.7 Å². The molecule has 6 rings (SSSR count). The van der Waals surface area contributed by atoms with Crippen LogP contribution in [-0.2, 0) is 4.74 Å². The van der Waals surface area contributed by atoms with Crippen LogP contribution in [0.5, 0.6) is 5.75 Å². The molecule has 4 fully saturated rings. The summed E-state index contributed by atoms with van der Waals surface area (Å²) in [6, 6.07) is 13.4. The van der Waals surface area contributed by atoms with E-state index in [4.69, 9.17) is 9.47 Å². The van der Waals surface area contributed by atoms with Gasteiger partial charge in [-0.15, -0.1) is 12.4 Å². The van der Waals surface area contributed by atoms with Crippen molar-refractivity contribution in [1.82, 2.24) is 9.80 Å². The van der Waals surface area contributed by atoms with Crippen molar-refractivity contribution in [3.8, 4) is 5.75 Å². The van der Waals surface area contributed by atoms with E-state index in [0.29, 0.717) is 11.7 Å². The molecule has 2 heterocycles. The second-order valence-electron chi connectivity index (χ2n) is 10.3. The quantitative estimate of drug-likeness (QED) is 0.600. The number of benzene rings is 2. The molecule has 2 aromatic rings. The van der Waals surface area contributed by atoms with E-state index in [1.807, 2.05) is 24.3 Å². The first-order valence-electron chi connectivity index (χ1n) is 13.0. The zero-order valence-corrected chi connectivity index (χ0v) is 21.5. The largest absolute Gasteiger partial charge is 0.490 e. The molecule has 0 spiro atoms. The van der Waals surface area contributed by atoms with E-state index < -0.39 is 0 Å². The molecule has 2 aliphatic carbocycles. The Hall–Kier alpha value is -1.86. The topological polar surface area (TPSA) is 62.2 Å². The van der Waals surface area contributed by atoms with Gasteiger partial charge in [0, 0.05) is 38.3 Å². The average molecular weight is 503 g/mol. The van der Waals surface area contributed by atoms with Crippen LogP contribution in [0.15, 0.2) is 36.4 Å². The van der Waals surface area contributed by atoms with Crippen LogP contribution >= 0.6 is 12.4 Å². The lowest BCUT2D eigenvalue weighted by Gasteiger charge is -2.32. The summed E-state index contributed by atoms with van der Waals surface area (Å²) < 4.78 is 11.0. The highest BCUT2D eigenvalue weighted by molar-refractivity contribution is 5.95. The number of esters is 1. The van der Waals surface area contributed by atoms with Crippen LogP contribution in [0.3, 0.4) is 0 Å². The Morgan fingerprint density at radius 2 is 1.34 bits per heavy atom. The highest BCUT2D eigenvalue weighted by Gasteiger charge is 2.32. The van der Waals surface area contributed by atoms with E-state index in [9.17, 15) is 9.90 Å². The third-order valence-corrected chi connectivity index (χ3v) is 7.64. The maximum atomic E-state index is 11.6. The number of likely N-dealkylation sites (tertiary alicyclic amines) is 2. The predicted molar refractivity (Wildman–Crippen MR) is 141 cm³/mol. The van der Waals surface area contributed by atoms with Crippen LogP contribution in [0.4, 0.5) is 0 Å². The minimum absolute atomic E-state index is 0. The van der Waals surface area contributed by atoms with Crippen molar-refractivity contribution in [3.05, 3.63) is 42.0 Å². The van der Waals surface area contributed by atoms with Gasteiger partial charge < -0.3 is 24.4 Å². The van der Waals surface area contributed by atoms with Crippen molar-refractivity contribution in [3.63, 3.8) is 0 Å². The number of piperidine rings is 2. The van der Waals surface area contributed by atoms with Gasteiger partial charge >= 0.3 is 5.97 Å². The van der Waals surface area contributed by atoms with E-state index in [0.717, 1.165) is 80.5 Å². The molecule has 35 heavy (non-hydrogen) atoms. The van der Waals surface area contributed by atoms with Gasteiger partial charge in [-0.3, -0.25) is 0 Å². The molecule has 192 valence electrons. The number of methoxy groups -OCH3 is 1. The van der Waals surface area contributed by atoms with E-state index in [2.05, 4.69) is 15.9 Å². The standard InChI is InChI=1S/C20H23NO3.C8H15NO.ClH/c1-23-20(22)16-3-2-15-13-19(7-4-14(15)12-16)24-18-8-10-21(11-9-18)17-5-6-17;10-8-3-5-9(6-4-8)7-1-2-7;/h2-4,7,12-13,17-18H,5-6,8-11H2,1H3;7-8,10H,1-6H2;1H. The van der Waals surface area contributed by atoms with Gasteiger partial charge in [-0.2, -0.15) is 0 Å². The number of rotatable bonds is 5. The Kier molecular flexibility index (Phi) is 8.92. The monoisotopic (exact) mass is 502 g/mol. The van der Waals surface area contributed by atoms with Gasteiger partial charge in [0.2, 0.25) is 0 Å². The molecule has 0 amide bonds. The fourth-order valence-corrected chi connectivity index (χ4v) is 5.22. The van der Waals surface area contributed by atoms with Gasteiger partial charge in [0.15, 0.2) is 0 Å². The van der Waals surface area contributed by atoms with Crippen LogP contribution in [0.25, 0.3) is 10.8 Å². The third kappa shape index (κ3) is 7.10. The zero-order valence-electron chi connectivity index (χ0n) is 20.7. The van der Waals surface area contributed by atoms with E-state index in [1.165, 1.54) is 32.8 Å². The van der Waals surface area contributed by atoms with Gasteiger partial charge in [0.05, 0.1) is 18.8 Å². The molecule has 1 N–H and O–H groups in total. The number of fused-ring (bicyclic) bond motifs is 1. The van der Waals surface area contributed by atoms with Crippen LogP contribution < -0.4 is 4.74 Å². The van der Waals surface area contributed by atoms with Crippen molar-refractivity contribution in [2.24, 2.45) is 0 Å². The molecule has 4 aliphatic rings. The molecule has 7 heteroatoms. The minimum atomic E-state index is -0.306. The number of carbonyl (C=O) groups is 1. The second-order valence-corrected chi connectivity index (χ2v) is 10.3. The first-order chi connectivity index (χ1) is 16.6. The van der Waals surface area contributed by atoms with Gasteiger partial charge in [0.1, 0.15) is 11.9 Å². The first kappa shape index (κ1) is 26.2. The van der Waals surface area contributed by atoms with Gasteiger partial charge in [-0.25, -0.2) is 4.79 Å². The Morgan fingerprint density at radius 1 is 0.800 bits per heavy atom. The molecule has 2 saturated heterocycles. The average Bonchev–Trinajstić information content (AvgIpc) is 3.78. The molecule has 2 saturated carbocycles. The molecule has 2 aliphatic heterocycles. The first-order valence-corrected chi connectivity index (χ1v) is 13.0. The summed E-state index contributed by atoms with van der Waals surface area (Å²) in [6.45, 7) is 4.58. The Labute approximate surface area is 215 Å². The number of ether oxygens (including phenoxy) is 2. The van der Waals surface area contributed by atoms with Gasteiger partial charge in [0.25, 0.3) is 0 Å². The normalized spacial score (nSPS) is 22.1. The van der Waals surface area contributed by atoms with Crippen LogP contribution in [0, 0.1) is 0 Å². The summed E-state index contributed by atoms with van der Waals surface area (Å²) in [4.78, 5) is 16.7. The third-order valence-electron chi connectivity index (χ3n) is 7.64. The SMILES string of the molecule is COC(=O)c1ccc2cc(OC3CCN(C4CC4)CC3)ccc2c1.Cl.OC1CCN(C2CC2)CC1. The van der Waals surface area contributed by atoms with Crippen LogP contribution in [-0.4, -0.2) is 78.5 Å². The van der Waals surface area contributed by atoms with Crippen molar-refractivity contribution >= 4 is 29.1 Å². The number of carbonyl (C=O) groups excluding carboxylic acids is 1. The number of hydrogen-bond donors (Lipinski definition) is 1. The summed E-state index contributed by atoms with van der Waals surface area (Å²) in [6.07, 6.45) is 10.1. The van der Waals surface area contributed by atoms with Crippen LogP contribution in [0.2, 0.25) is 0 Å². The molecule has 2 aromatic carbocycles. The van der Waals surface area contributed by atoms with Crippen molar-refractivity contribution in [1.29, 1.82) is 0 Å². The second kappa shape index (κ2) is 11.9. The lowest BCUT2D eigenvalue weighted by molar-refractivity contribution is 0.0601. The summed E-state index contributed by atoms with van der Waals surface area (Å²) in [5, 5.41) is 11.3. The summed E-state index contributed by atoms with van der Waals surface area (Å²) in [5.74, 6) is 0.609. The fraction of sp³-hybridized carbons (Fsp3) is 0.607. The predicted octanol–water partition coefficient (Wildman–Crippen LogP) is 4.66. The van der Waals surface area contributed by atoms with E-state index in [-0.39, 0.29) is 24.5 Å². The molecule has 6 nitrogen and oxygen atoms in total. The fourth-order valence-electron chi connectivity index (χ4n) is 5.22. The molecule has 0 atom stereocenters. The smallest absolute Gasteiger partial charge is 0.337 e. The maximum absolute atomic E-state index is 11.6. The molecule has 0 bridgehead atoms. The van der Waals surface area contributed by atoms with Crippen molar-refractivity contribution in [2.45, 2.75) is 75.7 Å². The summed E-state index contributed by atoms with van der Waals surface area (Å²) in [7, 11) is 1.40. The Balaban J connectivity index is 0.000000220. The van der Waals surface area contributed by atoms with Crippen molar-refractivity contribution in [2.75, 3.05) is 33.3 Å². The minimum Gasteiger partial charge on any atom is -0.490 e. The number of halogens is 1. The molecular weight excluding hydrogens is 464 g/mol. The molecule has 0 aromatic heterocycles. The molecular formula is C28H39ClN2O4. The van der Waals surface area contributed by atoms with Crippen molar-refractivity contribution < 1.29 is 19.4 Å². The van der Waals surface area contributed by atoms with E-state index >= 15 is 0 Å². The lowest BCUT2D eigenvalue weighted by atomic mass is 10.1. The maximum Gasteiger partial charge on any atom is 0.337 e. The Morgan fingerprint density at radius 3 is 1.91 bits per heavy atom. The zero-order chi connectivity index (χ0) is 23.5. The highest BCUT2D eigenvalue weighted by Crippen LogP contribution is 2.31. The number of hydrogen-bond acceptors (Lipinski definition) is 6. The van der Waals surface area contributed by atoms with E-state index in [1.54, 1.807) is 6.07 Å². The number of nitrogens with zero attached hydrogens (tertiary/aromatic N) is 2. The van der Waals surface area contributed by atoms with Gasteiger partial charge in [-0.05, 0) is 86.4 Å². The summed E-state index contributed by atoms with van der Waals surface area (Å²) >= 11 is 0. The summed E-state index contributed by atoms with van der Waals surface area (Å²) in [5.41, 5.74) is 0.575. The highest BCUT2D eigenvalue weighted by atomic mass is 35.5. The number of aliphatic hydroxyl groups excluding tert-OH is 1. The lowest BCUT2D eigenvalue weighted by Crippen LogP contribution is -2.39. The molecule has 0 unspecified atom stereocenters. The molecule has 0 radical (unpaired) electrons.